The van der Waals surface area contributed by atoms with Crippen LogP contribution in [0.2, 0.25) is 0 Å². The maximum atomic E-state index is 11.8. The van der Waals surface area contributed by atoms with Gasteiger partial charge in [0, 0.05) is 0 Å². The molecule has 0 bridgehead atoms. The van der Waals surface area contributed by atoms with Gasteiger partial charge in [0.1, 0.15) is 11.3 Å². The second-order valence-corrected chi connectivity index (χ2v) is 6.64. The molecule has 1 aliphatic rings. The Morgan fingerprint density at radius 2 is 2.06 bits per heavy atom. The van der Waals surface area contributed by atoms with E-state index in [1.165, 1.54) is 6.92 Å². The van der Waals surface area contributed by atoms with Gasteiger partial charge in [0.25, 0.3) is 0 Å². The summed E-state index contributed by atoms with van der Waals surface area (Å²) >= 11 is 0. The summed E-state index contributed by atoms with van der Waals surface area (Å²) in [6.45, 7) is 3.37. The average Bonchev–Trinajstić information content (AvgIpc) is 2.28. The highest BCUT2D eigenvalue weighted by atomic mass is 32.2. The number of hydrogen-bond donors (Lipinski definition) is 1. The maximum absolute atomic E-state index is 11.8. The third-order valence-corrected chi connectivity index (χ3v) is 5.04. The summed E-state index contributed by atoms with van der Waals surface area (Å²) in [5, 5.41) is 1.37. The van der Waals surface area contributed by atoms with Gasteiger partial charge in [0.15, 0.2) is 9.84 Å². The summed E-state index contributed by atoms with van der Waals surface area (Å²) in [5.41, 5.74) is 0. The third kappa shape index (κ3) is 3.69. The van der Waals surface area contributed by atoms with Crippen molar-refractivity contribution < 1.29 is 22.7 Å². The first kappa shape index (κ1) is 14.9. The first-order valence-electron chi connectivity index (χ1n) is 6.07. The predicted octanol–water partition coefficient (Wildman–Crippen LogP) is 0.0215. The lowest BCUT2D eigenvalue weighted by molar-refractivity contribution is -0.146. The van der Waals surface area contributed by atoms with E-state index < -0.39 is 33.0 Å². The fourth-order valence-electron chi connectivity index (χ4n) is 1.88. The normalized spacial score (nSPS) is 24.0. The molecule has 104 valence electrons. The van der Waals surface area contributed by atoms with Crippen LogP contribution in [0.15, 0.2) is 0 Å². The molecule has 2 atom stereocenters. The second-order valence-electron chi connectivity index (χ2n) is 4.33. The van der Waals surface area contributed by atoms with Crippen LogP contribution < -0.4 is 5.32 Å². The molecule has 0 aromatic rings. The van der Waals surface area contributed by atoms with Crippen LogP contribution in [0.5, 0.6) is 0 Å². The minimum atomic E-state index is -3.37. The molecule has 1 N–H and O–H groups in total. The summed E-state index contributed by atoms with van der Waals surface area (Å²) in [7, 11) is -3.37. The van der Waals surface area contributed by atoms with Gasteiger partial charge >= 0.3 is 5.97 Å². The Bertz CT molecular complexity index is 417. The van der Waals surface area contributed by atoms with Crippen molar-refractivity contribution in [1.29, 1.82) is 0 Å². The zero-order valence-electron chi connectivity index (χ0n) is 10.6. The van der Waals surface area contributed by atoms with Crippen LogP contribution in [0.3, 0.4) is 0 Å². The molecule has 1 aliphatic heterocycles. The average molecular weight is 277 g/mol. The van der Waals surface area contributed by atoms with Crippen LogP contribution in [0.4, 0.5) is 0 Å². The van der Waals surface area contributed by atoms with E-state index in [-0.39, 0.29) is 12.4 Å². The summed E-state index contributed by atoms with van der Waals surface area (Å²) in [6.07, 6.45) is 1.63. The van der Waals surface area contributed by atoms with Crippen LogP contribution in [0.1, 0.15) is 33.1 Å². The molecule has 2 unspecified atom stereocenters. The first-order chi connectivity index (χ1) is 8.38. The highest BCUT2D eigenvalue weighted by Gasteiger charge is 2.35. The number of nitrogens with one attached hydrogen (secondary N) is 1. The molecule has 0 aliphatic carbocycles. The summed E-state index contributed by atoms with van der Waals surface area (Å²) < 4.78 is 28.2. The molecule has 6 nitrogen and oxygen atoms in total. The number of esters is 1. The Hall–Kier alpha value is -1.11. The van der Waals surface area contributed by atoms with Crippen LogP contribution >= 0.6 is 0 Å². The Balaban J connectivity index is 2.62. The van der Waals surface area contributed by atoms with Crippen molar-refractivity contribution >= 4 is 21.7 Å². The van der Waals surface area contributed by atoms with Crippen molar-refractivity contribution in [1.82, 2.24) is 5.32 Å². The zero-order valence-corrected chi connectivity index (χ0v) is 11.5. The topological polar surface area (TPSA) is 89.5 Å². The molecule has 0 saturated carbocycles. The Labute approximate surface area is 107 Å². The molecule has 7 heteroatoms. The van der Waals surface area contributed by atoms with E-state index in [0.717, 1.165) is 0 Å². The minimum absolute atomic E-state index is 0.0405. The molecule has 1 heterocycles. The smallest absolute Gasteiger partial charge is 0.328 e. The second kappa shape index (κ2) is 6.17. The lowest BCUT2D eigenvalue weighted by Gasteiger charge is -2.22. The highest BCUT2D eigenvalue weighted by molar-refractivity contribution is 7.92. The monoisotopic (exact) mass is 277 g/mol. The summed E-state index contributed by atoms with van der Waals surface area (Å²) in [4.78, 5) is 23.2. The standard InChI is InChI=1S/C11H19NO5S/c1-3-17-11(14)8(2)12-10(13)9-6-4-5-7-18(9,15)16/h8-9H,3-7H2,1-2H3,(H,12,13). The van der Waals surface area contributed by atoms with Crippen molar-refractivity contribution in [2.75, 3.05) is 12.4 Å². The molecule has 1 rings (SSSR count). The third-order valence-electron chi connectivity index (χ3n) is 2.87. The van der Waals surface area contributed by atoms with Crippen molar-refractivity contribution in [2.24, 2.45) is 0 Å². The fraction of sp³-hybridized carbons (Fsp3) is 0.818. The van der Waals surface area contributed by atoms with E-state index in [0.29, 0.717) is 19.3 Å². The lowest BCUT2D eigenvalue weighted by atomic mass is 10.1. The van der Waals surface area contributed by atoms with E-state index in [2.05, 4.69) is 5.32 Å². The molecule has 18 heavy (non-hydrogen) atoms. The molecule has 0 spiro atoms. The van der Waals surface area contributed by atoms with Crippen molar-refractivity contribution in [2.45, 2.75) is 44.4 Å². The van der Waals surface area contributed by atoms with Crippen molar-refractivity contribution in [3.05, 3.63) is 0 Å². The molecule has 1 saturated heterocycles. The quantitative estimate of drug-likeness (QED) is 0.732. The molecule has 0 aromatic heterocycles. The predicted molar refractivity (Wildman–Crippen MR) is 65.7 cm³/mol. The summed E-state index contributed by atoms with van der Waals surface area (Å²) in [5.74, 6) is -1.12. The van der Waals surface area contributed by atoms with Gasteiger partial charge in [-0.25, -0.2) is 13.2 Å². The SMILES string of the molecule is CCOC(=O)C(C)NC(=O)C1CCCCS1(=O)=O. The molecular weight excluding hydrogens is 258 g/mol. The molecular formula is C11H19NO5S. The van der Waals surface area contributed by atoms with E-state index in [1.54, 1.807) is 6.92 Å². The van der Waals surface area contributed by atoms with Crippen LogP contribution in [0, 0.1) is 0 Å². The Kier molecular flexibility index (Phi) is 5.13. The highest BCUT2D eigenvalue weighted by Crippen LogP contribution is 2.19. The number of rotatable bonds is 4. The van der Waals surface area contributed by atoms with Gasteiger partial charge in [-0.05, 0) is 26.7 Å². The Morgan fingerprint density at radius 1 is 1.39 bits per heavy atom. The van der Waals surface area contributed by atoms with Crippen LogP contribution in [-0.4, -0.2) is 43.9 Å². The van der Waals surface area contributed by atoms with E-state index in [4.69, 9.17) is 4.74 Å². The summed E-state index contributed by atoms with van der Waals surface area (Å²) in [6, 6.07) is -0.824. The van der Waals surface area contributed by atoms with Crippen LogP contribution in [-0.2, 0) is 24.2 Å². The van der Waals surface area contributed by atoms with Gasteiger partial charge in [0.05, 0.1) is 12.4 Å². The van der Waals surface area contributed by atoms with Gasteiger partial charge in [-0.2, -0.15) is 0 Å². The molecule has 0 aromatic carbocycles. The van der Waals surface area contributed by atoms with Gasteiger partial charge in [-0.3, -0.25) is 4.79 Å². The molecule has 1 fully saturated rings. The van der Waals surface area contributed by atoms with Crippen LogP contribution in [0.25, 0.3) is 0 Å². The number of sulfone groups is 1. The number of carbonyl (C=O) groups excluding carboxylic acids is 2. The molecule has 0 radical (unpaired) electrons. The molecule has 1 amide bonds. The van der Waals surface area contributed by atoms with Gasteiger partial charge < -0.3 is 10.1 Å². The minimum Gasteiger partial charge on any atom is -0.464 e. The number of hydrogen-bond acceptors (Lipinski definition) is 5. The maximum Gasteiger partial charge on any atom is 0.328 e. The number of amides is 1. The van der Waals surface area contributed by atoms with Gasteiger partial charge in [-0.15, -0.1) is 0 Å². The largest absolute Gasteiger partial charge is 0.464 e. The Morgan fingerprint density at radius 3 is 2.61 bits per heavy atom. The first-order valence-corrected chi connectivity index (χ1v) is 7.78. The van der Waals surface area contributed by atoms with Gasteiger partial charge in [-0.1, -0.05) is 6.42 Å². The fourth-order valence-corrected chi connectivity index (χ4v) is 3.69. The van der Waals surface area contributed by atoms with E-state index in [1.807, 2.05) is 0 Å². The van der Waals surface area contributed by atoms with Gasteiger partial charge in [0.2, 0.25) is 5.91 Å². The lowest BCUT2D eigenvalue weighted by Crippen LogP contribution is -2.48. The van der Waals surface area contributed by atoms with Crippen molar-refractivity contribution in [3.8, 4) is 0 Å². The van der Waals surface area contributed by atoms with Crippen molar-refractivity contribution in [3.63, 3.8) is 0 Å². The number of carbonyl (C=O) groups is 2. The zero-order chi connectivity index (χ0) is 13.8. The van der Waals surface area contributed by atoms with E-state index >= 15 is 0 Å². The van der Waals surface area contributed by atoms with E-state index in [9.17, 15) is 18.0 Å². The number of ether oxygens (including phenoxy) is 1.